The summed E-state index contributed by atoms with van der Waals surface area (Å²) in [5.41, 5.74) is 10.2. The maximum Gasteiger partial charge on any atom is 0.407 e. The fourth-order valence-corrected chi connectivity index (χ4v) is 4.57. The van der Waals surface area contributed by atoms with Gasteiger partial charge in [-0.2, -0.15) is 0 Å². The highest BCUT2D eigenvalue weighted by Crippen LogP contribution is 2.44. The van der Waals surface area contributed by atoms with Crippen molar-refractivity contribution in [3.8, 4) is 11.1 Å². The highest BCUT2D eigenvalue weighted by Gasteiger charge is 2.28. The van der Waals surface area contributed by atoms with Gasteiger partial charge in [0, 0.05) is 45.3 Å². The van der Waals surface area contributed by atoms with E-state index in [0.29, 0.717) is 46.1 Å². The number of hydrogen-bond acceptors (Lipinski definition) is 7. The van der Waals surface area contributed by atoms with E-state index in [9.17, 15) is 4.79 Å². The molecule has 8 heteroatoms. The Morgan fingerprint density at radius 3 is 1.69 bits per heavy atom. The molecule has 1 aliphatic rings. The number of amides is 1. The van der Waals surface area contributed by atoms with E-state index >= 15 is 0 Å². The van der Waals surface area contributed by atoms with E-state index in [1.807, 2.05) is 52.0 Å². The van der Waals surface area contributed by atoms with Crippen LogP contribution in [0, 0.1) is 0 Å². The van der Waals surface area contributed by atoms with Crippen LogP contribution in [0.15, 0.2) is 48.5 Å². The van der Waals surface area contributed by atoms with Crippen molar-refractivity contribution in [2.45, 2.75) is 71.9 Å². The first-order valence-electron chi connectivity index (χ1n) is 14.3. The van der Waals surface area contributed by atoms with Crippen molar-refractivity contribution in [2.75, 3.05) is 46.1 Å². The second-order valence-electron chi connectivity index (χ2n) is 9.01. The number of carbonyl (C=O) groups excluding carboxylic acids is 1. The zero-order valence-electron chi connectivity index (χ0n) is 24.2. The fourth-order valence-electron chi connectivity index (χ4n) is 4.57. The minimum Gasteiger partial charge on any atom is -0.449 e. The normalized spacial score (nSPS) is 12.2. The van der Waals surface area contributed by atoms with Gasteiger partial charge in [-0.15, -0.1) is 0 Å². The van der Waals surface area contributed by atoms with Gasteiger partial charge in [-0.05, 0) is 75.8 Å². The third kappa shape index (κ3) is 11.3. The Morgan fingerprint density at radius 1 is 0.769 bits per heavy atom. The molecule has 0 unspecified atom stereocenters. The first-order chi connectivity index (χ1) is 19.1. The molecule has 0 bridgehead atoms. The van der Waals surface area contributed by atoms with E-state index in [1.165, 1.54) is 22.3 Å². The number of benzene rings is 2. The molecule has 1 aliphatic carbocycles. The van der Waals surface area contributed by atoms with Crippen LogP contribution in [0.1, 0.15) is 70.4 Å². The molecule has 0 radical (unpaired) electrons. The van der Waals surface area contributed by atoms with Crippen LogP contribution in [0.3, 0.4) is 0 Å². The third-order valence-corrected chi connectivity index (χ3v) is 6.28. The van der Waals surface area contributed by atoms with Crippen LogP contribution in [0.25, 0.3) is 11.1 Å². The zero-order valence-corrected chi connectivity index (χ0v) is 24.2. The van der Waals surface area contributed by atoms with Crippen molar-refractivity contribution in [1.29, 1.82) is 0 Å². The molecule has 1 amide bonds. The lowest BCUT2D eigenvalue weighted by molar-refractivity contribution is -0.140. The standard InChI is InChI=1S/C23H29NO4.C8H19NO2/c1-3-26-22(27-4-2)14-9-15-24-23(25)28-16-21-19-12-7-5-10-17(19)18-11-6-8-13-20(18)21;1-3-10-8(11-4-2)6-5-7-9/h5-8,10-13,21-22H,3-4,9,14-16H2,1-2H3,(H,24,25);8H,3-7,9H2,1-2H3. The van der Waals surface area contributed by atoms with Crippen LogP contribution in [-0.2, 0) is 23.7 Å². The van der Waals surface area contributed by atoms with E-state index in [1.54, 1.807) is 0 Å². The lowest BCUT2D eigenvalue weighted by atomic mass is 9.98. The number of fused-ring (bicyclic) bond motifs is 3. The molecule has 8 nitrogen and oxygen atoms in total. The van der Waals surface area contributed by atoms with Gasteiger partial charge in [0.2, 0.25) is 0 Å². The molecule has 0 saturated carbocycles. The summed E-state index contributed by atoms with van der Waals surface area (Å²) in [5.74, 6) is 0.0819. The highest BCUT2D eigenvalue weighted by molar-refractivity contribution is 5.79. The summed E-state index contributed by atoms with van der Waals surface area (Å²) < 4.78 is 27.2. The van der Waals surface area contributed by atoms with Gasteiger partial charge in [-0.1, -0.05) is 48.5 Å². The maximum atomic E-state index is 12.1. The van der Waals surface area contributed by atoms with Crippen LogP contribution < -0.4 is 11.1 Å². The molecule has 2 aromatic carbocycles. The quantitative estimate of drug-likeness (QED) is 0.191. The fraction of sp³-hybridized carbons (Fsp3) is 0.581. The second-order valence-corrected chi connectivity index (χ2v) is 9.01. The second kappa shape index (κ2) is 19.6. The van der Waals surface area contributed by atoms with E-state index < -0.39 is 0 Å². The minimum absolute atomic E-state index is 0.0476. The Balaban J connectivity index is 0.000000411. The number of hydrogen-bond donors (Lipinski definition) is 2. The van der Waals surface area contributed by atoms with Gasteiger partial charge in [0.1, 0.15) is 6.61 Å². The van der Waals surface area contributed by atoms with Crippen molar-refractivity contribution >= 4 is 6.09 Å². The van der Waals surface area contributed by atoms with Crippen molar-refractivity contribution in [3.63, 3.8) is 0 Å². The summed E-state index contributed by atoms with van der Waals surface area (Å²) in [6, 6.07) is 16.6. The Labute approximate surface area is 234 Å². The Morgan fingerprint density at radius 2 is 1.23 bits per heavy atom. The maximum absolute atomic E-state index is 12.1. The number of rotatable bonds is 17. The monoisotopic (exact) mass is 544 g/mol. The zero-order chi connectivity index (χ0) is 28.3. The van der Waals surface area contributed by atoms with Crippen molar-refractivity contribution < 1.29 is 28.5 Å². The molecular formula is C31H48N2O6. The number of alkyl carbamates (subject to hydrolysis) is 1. The first-order valence-corrected chi connectivity index (χ1v) is 14.3. The predicted octanol–water partition coefficient (Wildman–Crippen LogP) is 5.83. The molecule has 0 saturated heterocycles. The summed E-state index contributed by atoms with van der Waals surface area (Å²) in [4.78, 5) is 12.1. The SMILES string of the molecule is CCOC(CCCN)OCC.CCOC(CCCNC(=O)OCC1c2ccccc2-c2ccccc21)OCC. The van der Waals surface area contributed by atoms with Crippen LogP contribution in [0.2, 0.25) is 0 Å². The molecule has 0 fully saturated rings. The van der Waals surface area contributed by atoms with Crippen molar-refractivity contribution in [3.05, 3.63) is 59.7 Å². The van der Waals surface area contributed by atoms with Gasteiger partial charge in [0.05, 0.1) is 0 Å². The molecule has 0 atom stereocenters. The van der Waals surface area contributed by atoms with Gasteiger partial charge in [0.15, 0.2) is 12.6 Å². The third-order valence-electron chi connectivity index (χ3n) is 6.28. The molecule has 218 valence electrons. The summed E-state index contributed by atoms with van der Waals surface area (Å²) in [7, 11) is 0. The minimum atomic E-state index is -0.383. The lowest BCUT2D eigenvalue weighted by Gasteiger charge is -2.17. The molecular weight excluding hydrogens is 496 g/mol. The number of nitrogens with one attached hydrogen (secondary N) is 1. The van der Waals surface area contributed by atoms with E-state index in [2.05, 4.69) is 29.6 Å². The van der Waals surface area contributed by atoms with E-state index in [-0.39, 0.29) is 24.6 Å². The van der Waals surface area contributed by atoms with Crippen molar-refractivity contribution in [2.24, 2.45) is 5.73 Å². The van der Waals surface area contributed by atoms with Gasteiger partial charge in [0.25, 0.3) is 0 Å². The molecule has 2 aromatic rings. The molecule has 0 aromatic heterocycles. The average molecular weight is 545 g/mol. The molecule has 0 aliphatic heterocycles. The Hall–Kier alpha value is -2.49. The largest absolute Gasteiger partial charge is 0.449 e. The number of ether oxygens (including phenoxy) is 5. The lowest BCUT2D eigenvalue weighted by Crippen LogP contribution is -2.28. The molecule has 0 spiro atoms. The average Bonchev–Trinajstić information content (AvgIpc) is 3.27. The Kier molecular flexibility index (Phi) is 16.4. The first kappa shape index (κ1) is 32.7. The van der Waals surface area contributed by atoms with Gasteiger partial charge >= 0.3 is 6.09 Å². The van der Waals surface area contributed by atoms with Gasteiger partial charge < -0.3 is 34.7 Å². The summed E-state index contributed by atoms with van der Waals surface area (Å²) in [5, 5.41) is 2.82. The summed E-state index contributed by atoms with van der Waals surface area (Å²) in [6.45, 7) is 12.0. The smallest absolute Gasteiger partial charge is 0.407 e. The van der Waals surface area contributed by atoms with Crippen LogP contribution in [0.4, 0.5) is 4.79 Å². The topological polar surface area (TPSA) is 101 Å². The molecule has 3 N–H and O–H groups in total. The van der Waals surface area contributed by atoms with Crippen LogP contribution >= 0.6 is 0 Å². The van der Waals surface area contributed by atoms with Crippen LogP contribution in [-0.4, -0.2) is 64.8 Å². The van der Waals surface area contributed by atoms with E-state index in [0.717, 1.165) is 25.7 Å². The van der Waals surface area contributed by atoms with Crippen molar-refractivity contribution in [1.82, 2.24) is 5.32 Å². The predicted molar refractivity (Wildman–Crippen MR) is 155 cm³/mol. The number of nitrogens with two attached hydrogens (primary N) is 1. The summed E-state index contributed by atoms with van der Waals surface area (Å²) in [6.07, 6.45) is 2.74. The van der Waals surface area contributed by atoms with E-state index in [4.69, 9.17) is 29.4 Å². The van der Waals surface area contributed by atoms with Gasteiger partial charge in [-0.25, -0.2) is 4.79 Å². The molecule has 39 heavy (non-hydrogen) atoms. The van der Waals surface area contributed by atoms with Crippen LogP contribution in [0.5, 0.6) is 0 Å². The van der Waals surface area contributed by atoms with Gasteiger partial charge in [-0.3, -0.25) is 0 Å². The number of carbonyl (C=O) groups is 1. The molecule has 0 heterocycles. The molecule has 3 rings (SSSR count). The highest BCUT2D eigenvalue weighted by atomic mass is 16.7. The Bertz CT molecular complexity index is 883. The summed E-state index contributed by atoms with van der Waals surface area (Å²) >= 11 is 0.